The van der Waals surface area contributed by atoms with Crippen LogP contribution < -0.4 is 5.32 Å². The lowest BCUT2D eigenvalue weighted by molar-refractivity contribution is 0.102. The second-order valence-electron chi connectivity index (χ2n) is 6.49. The second-order valence-corrected chi connectivity index (χ2v) is 10.2. The van der Waals surface area contributed by atoms with Crippen molar-refractivity contribution in [2.75, 3.05) is 12.4 Å². The van der Waals surface area contributed by atoms with Crippen LogP contribution in [0.15, 0.2) is 56.4 Å². The standard InChI is InChI=1S/C18H15Cl2N3O8S2/c1-21-23-16-13(33(29,30)31)6-8-5-9(32(26,27)28)7-12(14(8)17(16)24)22-18(25)10-3-2-4-11(19)15(10)20/h2-7,24,26-28H,1H3,(H,22,25)(H,29,30,31). The average molecular weight is 536 g/mol. The van der Waals surface area contributed by atoms with Gasteiger partial charge in [-0.1, -0.05) is 29.3 Å². The van der Waals surface area contributed by atoms with Crippen molar-refractivity contribution in [1.82, 2.24) is 0 Å². The van der Waals surface area contributed by atoms with Crippen LogP contribution in [0, 0.1) is 0 Å². The van der Waals surface area contributed by atoms with Crippen LogP contribution >= 0.6 is 34.1 Å². The van der Waals surface area contributed by atoms with Gasteiger partial charge in [-0.25, -0.2) is 0 Å². The van der Waals surface area contributed by atoms with E-state index >= 15 is 0 Å². The van der Waals surface area contributed by atoms with Crippen molar-refractivity contribution in [3.8, 4) is 5.75 Å². The Morgan fingerprint density at radius 3 is 2.30 bits per heavy atom. The molecule has 1 amide bonds. The smallest absolute Gasteiger partial charge is 0.296 e. The molecule has 15 heteroatoms. The zero-order valence-electron chi connectivity index (χ0n) is 16.4. The number of phenols is 1. The summed E-state index contributed by atoms with van der Waals surface area (Å²) in [4.78, 5) is 11.5. The van der Waals surface area contributed by atoms with E-state index in [0.717, 1.165) is 18.2 Å². The third kappa shape index (κ3) is 5.05. The summed E-state index contributed by atoms with van der Waals surface area (Å²) in [7, 11) is -8.08. The zero-order valence-corrected chi connectivity index (χ0v) is 19.5. The van der Waals surface area contributed by atoms with Crippen molar-refractivity contribution in [1.29, 1.82) is 0 Å². The molecule has 0 aliphatic rings. The molecule has 3 aromatic carbocycles. The Morgan fingerprint density at radius 1 is 1.06 bits per heavy atom. The summed E-state index contributed by atoms with van der Waals surface area (Å²) in [5, 5.41) is 19.7. The molecule has 0 atom stereocenters. The monoisotopic (exact) mass is 535 g/mol. The number of nitrogens with one attached hydrogen (secondary N) is 1. The molecule has 0 fully saturated rings. The van der Waals surface area contributed by atoms with Gasteiger partial charge in [0.1, 0.15) is 21.5 Å². The highest BCUT2D eigenvalue weighted by atomic mass is 35.5. The first-order chi connectivity index (χ1) is 15.3. The Balaban J connectivity index is 2.36. The summed E-state index contributed by atoms with van der Waals surface area (Å²) in [6.45, 7) is 0. The Hall–Kier alpha value is -2.49. The van der Waals surface area contributed by atoms with E-state index < -0.39 is 48.1 Å². The summed E-state index contributed by atoms with van der Waals surface area (Å²) in [5.74, 6) is -1.63. The molecule has 3 rings (SSSR count). The van der Waals surface area contributed by atoms with Crippen LogP contribution in [0.2, 0.25) is 10.0 Å². The van der Waals surface area contributed by atoms with Gasteiger partial charge in [-0.05, 0) is 35.7 Å². The van der Waals surface area contributed by atoms with E-state index in [4.69, 9.17) is 23.2 Å². The number of carbonyl (C=O) groups excluding carboxylic acids is 1. The topological polar surface area (TPSA) is 189 Å². The molecule has 6 N–H and O–H groups in total. The number of benzene rings is 3. The van der Waals surface area contributed by atoms with Crippen molar-refractivity contribution in [3.05, 3.63) is 52.0 Å². The van der Waals surface area contributed by atoms with Crippen LogP contribution in [0.4, 0.5) is 11.4 Å². The predicted octanol–water partition coefficient (Wildman–Crippen LogP) is 5.65. The highest BCUT2D eigenvalue weighted by molar-refractivity contribution is 8.19. The van der Waals surface area contributed by atoms with E-state index in [1.54, 1.807) is 0 Å². The first kappa shape index (κ1) is 25.1. The minimum atomic E-state index is -4.92. The number of hydrogen-bond donors (Lipinski definition) is 6. The Labute approximate surface area is 198 Å². The summed E-state index contributed by atoms with van der Waals surface area (Å²) in [5.41, 5.74) is -0.975. The number of carbonyl (C=O) groups is 1. The van der Waals surface area contributed by atoms with Gasteiger partial charge in [0.25, 0.3) is 16.0 Å². The molecule has 11 nitrogen and oxygen atoms in total. The maximum Gasteiger partial charge on any atom is 0.296 e. The third-order valence-corrected chi connectivity index (χ3v) is 6.92. The first-order valence-electron chi connectivity index (χ1n) is 8.62. The Bertz CT molecular complexity index is 1420. The number of hydrogen-bond acceptors (Lipinski definition) is 9. The molecule has 0 radical (unpaired) electrons. The van der Waals surface area contributed by atoms with Crippen molar-refractivity contribution in [3.63, 3.8) is 0 Å². The molecule has 33 heavy (non-hydrogen) atoms. The summed E-state index contributed by atoms with van der Waals surface area (Å²) in [6.07, 6.45) is 0. The molecule has 0 aromatic heterocycles. The fourth-order valence-electron chi connectivity index (χ4n) is 2.98. The minimum absolute atomic E-state index is 0.0687. The molecule has 0 heterocycles. The number of nitrogens with zero attached hydrogens (tertiary/aromatic N) is 2. The molecule has 0 unspecified atom stereocenters. The van der Waals surface area contributed by atoms with Gasteiger partial charge in [0.05, 0.1) is 26.2 Å². The number of amides is 1. The predicted molar refractivity (Wildman–Crippen MR) is 124 cm³/mol. The Morgan fingerprint density at radius 2 is 1.73 bits per heavy atom. The molecule has 3 aromatic rings. The normalized spacial score (nSPS) is 12.9. The van der Waals surface area contributed by atoms with Crippen LogP contribution in [0.1, 0.15) is 10.4 Å². The van der Waals surface area contributed by atoms with E-state index in [0.29, 0.717) is 0 Å². The molecule has 0 aliphatic carbocycles. The van der Waals surface area contributed by atoms with E-state index in [-0.39, 0.29) is 32.1 Å². The number of rotatable bonds is 5. The molecule has 0 spiro atoms. The fraction of sp³-hybridized carbons (Fsp3) is 0.0556. The third-order valence-electron chi connectivity index (χ3n) is 4.36. The van der Waals surface area contributed by atoms with Crippen molar-refractivity contribution < 1.29 is 36.5 Å². The number of fused-ring (bicyclic) bond motifs is 1. The second kappa shape index (κ2) is 9.04. The minimum Gasteiger partial charge on any atom is -0.505 e. The number of aromatic hydroxyl groups is 1. The van der Waals surface area contributed by atoms with Crippen molar-refractivity contribution >= 4 is 72.2 Å². The maximum atomic E-state index is 12.8. The zero-order chi connectivity index (χ0) is 24.7. The first-order valence-corrected chi connectivity index (χ1v) is 12.3. The molecule has 0 bridgehead atoms. The average Bonchev–Trinajstić information content (AvgIpc) is 2.70. The Kier molecular flexibility index (Phi) is 6.89. The van der Waals surface area contributed by atoms with Crippen LogP contribution in [0.3, 0.4) is 0 Å². The van der Waals surface area contributed by atoms with Crippen molar-refractivity contribution in [2.24, 2.45) is 10.2 Å². The SMILES string of the molecule is CN=Nc1c(S(=O)(=O)O)cc2cc(S(O)(O)O)cc(NC(=O)c3cccc(Cl)c3Cl)c2c1O. The van der Waals surface area contributed by atoms with Crippen LogP contribution in [-0.4, -0.2) is 44.7 Å². The molecule has 0 saturated carbocycles. The summed E-state index contributed by atoms with van der Waals surface area (Å²) in [6, 6.07) is 7.01. The van der Waals surface area contributed by atoms with Gasteiger partial charge in [0.2, 0.25) is 0 Å². The van der Waals surface area contributed by atoms with Gasteiger partial charge in [-0.3, -0.25) is 9.35 Å². The highest BCUT2D eigenvalue weighted by Crippen LogP contribution is 2.50. The molecular weight excluding hydrogens is 521 g/mol. The van der Waals surface area contributed by atoms with E-state index in [1.807, 2.05) is 0 Å². The van der Waals surface area contributed by atoms with Gasteiger partial charge in [-0.2, -0.15) is 18.6 Å². The maximum absolute atomic E-state index is 12.8. The number of phenolic OH excluding ortho intramolecular Hbond substituents is 1. The number of halogens is 2. The molecule has 0 saturated heterocycles. The molecule has 0 aliphatic heterocycles. The van der Waals surface area contributed by atoms with Crippen LogP contribution in [0.25, 0.3) is 10.8 Å². The lowest BCUT2D eigenvalue weighted by Crippen LogP contribution is -2.13. The van der Waals surface area contributed by atoms with E-state index in [2.05, 4.69) is 15.5 Å². The summed E-state index contributed by atoms with van der Waals surface area (Å²) >= 11 is 12.0. The fourth-order valence-corrected chi connectivity index (χ4v) is 4.58. The molecule has 176 valence electrons. The number of anilines is 1. The molecular formula is C18H15Cl2N3O8S2. The van der Waals surface area contributed by atoms with Crippen LogP contribution in [0.5, 0.6) is 5.75 Å². The van der Waals surface area contributed by atoms with Gasteiger partial charge in [0.15, 0.2) is 5.75 Å². The lowest BCUT2D eigenvalue weighted by Gasteiger charge is -2.22. The van der Waals surface area contributed by atoms with Crippen molar-refractivity contribution in [2.45, 2.75) is 9.79 Å². The van der Waals surface area contributed by atoms with Gasteiger partial charge in [0, 0.05) is 12.4 Å². The van der Waals surface area contributed by atoms with E-state index in [9.17, 15) is 36.5 Å². The van der Waals surface area contributed by atoms with Gasteiger partial charge in [-0.15, -0.1) is 0 Å². The quantitative estimate of drug-likeness (QED) is 0.178. The largest absolute Gasteiger partial charge is 0.505 e. The van der Waals surface area contributed by atoms with Gasteiger partial charge >= 0.3 is 0 Å². The summed E-state index contributed by atoms with van der Waals surface area (Å²) < 4.78 is 62.4. The van der Waals surface area contributed by atoms with Crippen LogP contribution in [-0.2, 0) is 10.1 Å². The lowest BCUT2D eigenvalue weighted by atomic mass is 10.1. The number of azo groups is 1. The highest BCUT2D eigenvalue weighted by Gasteiger charge is 2.27. The van der Waals surface area contributed by atoms with E-state index in [1.165, 1.54) is 25.2 Å². The van der Waals surface area contributed by atoms with Gasteiger partial charge < -0.3 is 24.1 Å².